The van der Waals surface area contributed by atoms with E-state index >= 15 is 0 Å². The van der Waals surface area contributed by atoms with Crippen LogP contribution in [0.5, 0.6) is 0 Å². The Bertz CT molecular complexity index is 574. The first-order chi connectivity index (χ1) is 9.11. The molecule has 100 valence electrons. The summed E-state index contributed by atoms with van der Waals surface area (Å²) >= 11 is 6.18. The van der Waals surface area contributed by atoms with E-state index in [2.05, 4.69) is 10.4 Å². The van der Waals surface area contributed by atoms with Crippen molar-refractivity contribution in [3.8, 4) is 0 Å². The molecule has 19 heavy (non-hydrogen) atoms. The lowest BCUT2D eigenvalue weighted by molar-refractivity contribution is 0.508. The van der Waals surface area contributed by atoms with Crippen molar-refractivity contribution in [2.75, 3.05) is 0 Å². The summed E-state index contributed by atoms with van der Waals surface area (Å²) in [6, 6.07) is 7.05. The van der Waals surface area contributed by atoms with Crippen molar-refractivity contribution in [3.63, 3.8) is 0 Å². The molecule has 1 unspecified atom stereocenters. The number of aryl methyl sites for hydroxylation is 1. The average molecular weight is 280 g/mol. The maximum absolute atomic E-state index is 13.7. The van der Waals surface area contributed by atoms with Crippen molar-refractivity contribution < 1.29 is 4.39 Å². The number of hydrogen-bond acceptors (Lipinski definition) is 3. The molecule has 3 nitrogen and oxygen atoms in total. The van der Waals surface area contributed by atoms with Crippen LogP contribution in [0, 0.1) is 12.7 Å². The molecule has 0 radical (unpaired) electrons. The lowest BCUT2D eigenvalue weighted by atomic mass is 9.99. The number of nitrogens with one attached hydrogen (secondary N) is 1. The van der Waals surface area contributed by atoms with E-state index in [1.807, 2.05) is 25.1 Å². The first-order valence-corrected chi connectivity index (χ1v) is 6.30. The number of nitrogens with zero attached hydrogens (tertiary/aromatic N) is 1. The molecule has 0 aliphatic heterocycles. The zero-order chi connectivity index (χ0) is 13.8. The fourth-order valence-electron chi connectivity index (χ4n) is 1.97. The molecule has 0 aliphatic rings. The largest absolute Gasteiger partial charge is 0.271 e. The fourth-order valence-corrected chi connectivity index (χ4v) is 2.28. The number of nitrogens with two attached hydrogens (primary N) is 1. The topological polar surface area (TPSA) is 50.9 Å². The van der Waals surface area contributed by atoms with Crippen LogP contribution in [0.1, 0.15) is 22.7 Å². The molecular weight excluding hydrogens is 265 g/mol. The highest BCUT2D eigenvalue weighted by molar-refractivity contribution is 6.31. The number of rotatable bonds is 4. The molecule has 1 atom stereocenters. The van der Waals surface area contributed by atoms with Crippen LogP contribution in [0.4, 0.5) is 4.39 Å². The lowest BCUT2D eigenvalue weighted by Crippen LogP contribution is -2.30. The number of halogens is 2. The molecule has 2 aromatic rings. The molecule has 0 saturated heterocycles. The third-order valence-corrected chi connectivity index (χ3v) is 3.36. The summed E-state index contributed by atoms with van der Waals surface area (Å²) < 4.78 is 13.7. The highest BCUT2D eigenvalue weighted by Gasteiger charge is 2.16. The van der Waals surface area contributed by atoms with Gasteiger partial charge in [0.2, 0.25) is 0 Å². The van der Waals surface area contributed by atoms with Crippen LogP contribution in [0.25, 0.3) is 0 Å². The van der Waals surface area contributed by atoms with Gasteiger partial charge in [0.25, 0.3) is 0 Å². The Morgan fingerprint density at radius 3 is 2.84 bits per heavy atom. The number of pyridine rings is 1. The molecule has 1 aromatic heterocycles. The van der Waals surface area contributed by atoms with Crippen LogP contribution in [0.3, 0.4) is 0 Å². The van der Waals surface area contributed by atoms with E-state index in [1.54, 1.807) is 12.3 Å². The molecule has 0 fully saturated rings. The third kappa shape index (κ3) is 3.29. The Hall–Kier alpha value is -1.49. The van der Waals surface area contributed by atoms with E-state index < -0.39 is 0 Å². The predicted octanol–water partition coefficient (Wildman–Crippen LogP) is 2.93. The summed E-state index contributed by atoms with van der Waals surface area (Å²) in [5, 5.41) is 0.662. The first-order valence-electron chi connectivity index (χ1n) is 5.92. The molecule has 5 heteroatoms. The van der Waals surface area contributed by atoms with E-state index in [0.717, 1.165) is 11.1 Å². The monoisotopic (exact) mass is 279 g/mol. The van der Waals surface area contributed by atoms with Gasteiger partial charge in [-0.2, -0.15) is 0 Å². The quantitative estimate of drug-likeness (QED) is 0.668. The van der Waals surface area contributed by atoms with Crippen LogP contribution < -0.4 is 11.3 Å². The fraction of sp³-hybridized carbons (Fsp3) is 0.214. The summed E-state index contributed by atoms with van der Waals surface area (Å²) in [5.41, 5.74) is 5.11. The number of hydrogen-bond donors (Lipinski definition) is 2. The molecule has 0 saturated carbocycles. The van der Waals surface area contributed by atoms with Gasteiger partial charge in [-0.05, 0) is 36.6 Å². The van der Waals surface area contributed by atoms with Crippen molar-refractivity contribution in [1.29, 1.82) is 0 Å². The highest BCUT2D eigenvalue weighted by atomic mass is 35.5. The van der Waals surface area contributed by atoms with Crippen molar-refractivity contribution >= 4 is 11.6 Å². The summed E-state index contributed by atoms with van der Waals surface area (Å²) in [6.45, 7) is 1.97. The van der Waals surface area contributed by atoms with Gasteiger partial charge in [-0.1, -0.05) is 23.7 Å². The first kappa shape index (κ1) is 13.9. The summed E-state index contributed by atoms with van der Waals surface area (Å²) in [7, 11) is 0. The minimum absolute atomic E-state index is 0.344. The Kier molecular flexibility index (Phi) is 4.47. The van der Waals surface area contributed by atoms with E-state index in [0.29, 0.717) is 17.0 Å². The average Bonchev–Trinajstić information content (AvgIpc) is 2.39. The summed E-state index contributed by atoms with van der Waals surface area (Å²) in [6.07, 6.45) is 3.23. The van der Waals surface area contributed by atoms with E-state index in [9.17, 15) is 4.39 Å². The van der Waals surface area contributed by atoms with Crippen molar-refractivity contribution in [1.82, 2.24) is 10.4 Å². The van der Waals surface area contributed by atoms with Gasteiger partial charge in [0.05, 0.1) is 12.2 Å². The SMILES string of the molecule is Cc1ccc(CC(NN)c2ccncc2F)c(Cl)c1. The van der Waals surface area contributed by atoms with Gasteiger partial charge in [0, 0.05) is 16.8 Å². The molecule has 3 N–H and O–H groups in total. The molecule has 1 aromatic carbocycles. The smallest absolute Gasteiger partial charge is 0.146 e. The third-order valence-electron chi connectivity index (χ3n) is 3.01. The van der Waals surface area contributed by atoms with Crippen molar-refractivity contribution in [2.45, 2.75) is 19.4 Å². The van der Waals surface area contributed by atoms with Gasteiger partial charge >= 0.3 is 0 Å². The van der Waals surface area contributed by atoms with Gasteiger partial charge in [0.1, 0.15) is 5.82 Å². The zero-order valence-electron chi connectivity index (χ0n) is 10.5. The van der Waals surface area contributed by atoms with Crippen LogP contribution in [0.2, 0.25) is 5.02 Å². The molecule has 0 bridgehead atoms. The summed E-state index contributed by atoms with van der Waals surface area (Å²) in [4.78, 5) is 3.73. The standard InChI is InChI=1S/C14H15ClFN3/c1-9-2-3-10(12(15)6-9)7-14(19-17)11-4-5-18-8-13(11)16/h2-6,8,14,19H,7,17H2,1H3. The molecule has 0 amide bonds. The Labute approximate surface area is 116 Å². The minimum atomic E-state index is -0.381. The number of hydrazine groups is 1. The van der Waals surface area contributed by atoms with Gasteiger partial charge in [-0.15, -0.1) is 0 Å². The lowest BCUT2D eigenvalue weighted by Gasteiger charge is -2.17. The molecule has 1 heterocycles. The van der Waals surface area contributed by atoms with Crippen molar-refractivity contribution in [3.05, 3.63) is 64.2 Å². The minimum Gasteiger partial charge on any atom is -0.271 e. The normalized spacial score (nSPS) is 12.4. The van der Waals surface area contributed by atoms with Crippen molar-refractivity contribution in [2.24, 2.45) is 5.84 Å². The second-order valence-corrected chi connectivity index (χ2v) is 4.82. The zero-order valence-corrected chi connectivity index (χ0v) is 11.3. The molecule has 0 spiro atoms. The van der Waals surface area contributed by atoms with E-state index in [-0.39, 0.29) is 11.9 Å². The molecule has 2 rings (SSSR count). The van der Waals surface area contributed by atoms with Crippen LogP contribution in [-0.2, 0) is 6.42 Å². The van der Waals surface area contributed by atoms with Gasteiger partial charge in [-0.25, -0.2) is 4.39 Å². The second kappa shape index (κ2) is 6.10. The molecule has 0 aliphatic carbocycles. The van der Waals surface area contributed by atoms with Gasteiger partial charge in [-0.3, -0.25) is 16.3 Å². The summed E-state index contributed by atoms with van der Waals surface area (Å²) in [5.74, 6) is 5.14. The predicted molar refractivity (Wildman–Crippen MR) is 74.2 cm³/mol. The maximum atomic E-state index is 13.7. The highest BCUT2D eigenvalue weighted by Crippen LogP contribution is 2.25. The van der Waals surface area contributed by atoms with Crippen LogP contribution in [-0.4, -0.2) is 4.98 Å². The number of benzene rings is 1. The van der Waals surface area contributed by atoms with Crippen LogP contribution in [0.15, 0.2) is 36.7 Å². The Morgan fingerprint density at radius 2 is 2.21 bits per heavy atom. The van der Waals surface area contributed by atoms with Gasteiger partial charge < -0.3 is 0 Å². The Balaban J connectivity index is 2.27. The Morgan fingerprint density at radius 1 is 1.42 bits per heavy atom. The van der Waals surface area contributed by atoms with E-state index in [1.165, 1.54) is 6.20 Å². The maximum Gasteiger partial charge on any atom is 0.146 e. The molecular formula is C14H15ClFN3. The van der Waals surface area contributed by atoms with Crippen LogP contribution >= 0.6 is 11.6 Å². The van der Waals surface area contributed by atoms with E-state index in [4.69, 9.17) is 17.4 Å². The van der Waals surface area contributed by atoms with Gasteiger partial charge in [0.15, 0.2) is 0 Å². The second-order valence-electron chi connectivity index (χ2n) is 4.42. The number of aromatic nitrogens is 1.